The zero-order valence-electron chi connectivity index (χ0n) is 19.7. The van der Waals surface area contributed by atoms with Crippen LogP contribution in [0.5, 0.6) is 28.7 Å². The Hall–Kier alpha value is -3.62. The molecule has 0 unspecified atom stereocenters. The molecule has 0 spiro atoms. The highest BCUT2D eigenvalue weighted by molar-refractivity contribution is 7.21. The summed E-state index contributed by atoms with van der Waals surface area (Å²) in [5, 5.41) is 20.4. The van der Waals surface area contributed by atoms with Gasteiger partial charge in [0.15, 0.2) is 5.75 Å². The fraction of sp³-hybridized carbons (Fsp3) is 0.250. The SMILES string of the molecule is Cc1cc(O)ccc1C(=O)c1sc2cc(O)ccc2c1Oc1ccc(OCCN2CC(CF)C2)cc1. The average Bonchev–Trinajstić information content (AvgIpc) is 3.18. The average molecular weight is 508 g/mol. The highest BCUT2D eigenvalue weighted by Crippen LogP contribution is 2.43. The van der Waals surface area contributed by atoms with E-state index in [1.54, 1.807) is 49.4 Å². The zero-order chi connectivity index (χ0) is 25.2. The van der Waals surface area contributed by atoms with E-state index in [2.05, 4.69) is 4.90 Å². The predicted octanol–water partition coefficient (Wildman–Crippen LogP) is 5.92. The molecule has 0 radical (unpaired) electrons. The zero-order valence-corrected chi connectivity index (χ0v) is 20.6. The highest BCUT2D eigenvalue weighted by atomic mass is 32.1. The summed E-state index contributed by atoms with van der Waals surface area (Å²) in [6.07, 6.45) is 0. The second-order valence-corrected chi connectivity index (χ2v) is 10.0. The Labute approximate surface area is 212 Å². The van der Waals surface area contributed by atoms with Crippen LogP contribution in [0.4, 0.5) is 4.39 Å². The first-order valence-corrected chi connectivity index (χ1v) is 12.5. The van der Waals surface area contributed by atoms with Crippen LogP contribution in [-0.4, -0.2) is 53.8 Å². The van der Waals surface area contributed by atoms with Gasteiger partial charge >= 0.3 is 0 Å². The summed E-state index contributed by atoms with van der Waals surface area (Å²) in [4.78, 5) is 16.1. The molecule has 0 aliphatic carbocycles. The van der Waals surface area contributed by atoms with E-state index in [9.17, 15) is 19.4 Å². The van der Waals surface area contributed by atoms with Gasteiger partial charge in [-0.05, 0) is 73.2 Å². The summed E-state index contributed by atoms with van der Waals surface area (Å²) in [5.74, 6) is 1.80. The Balaban J connectivity index is 1.35. The van der Waals surface area contributed by atoms with Crippen molar-refractivity contribution in [3.63, 3.8) is 0 Å². The molecule has 6 nitrogen and oxygen atoms in total. The molecule has 0 bridgehead atoms. The van der Waals surface area contributed by atoms with Crippen LogP contribution in [0.15, 0.2) is 60.7 Å². The number of thiophene rings is 1. The third kappa shape index (κ3) is 5.01. The van der Waals surface area contributed by atoms with Crippen molar-refractivity contribution in [1.82, 2.24) is 4.90 Å². The third-order valence-electron chi connectivity index (χ3n) is 6.26. The maximum Gasteiger partial charge on any atom is 0.207 e. The molecule has 3 aromatic carbocycles. The number of benzene rings is 3. The molecular formula is C28H26FNO5S. The number of halogens is 1. The normalized spacial score (nSPS) is 14.1. The van der Waals surface area contributed by atoms with Gasteiger partial charge in [-0.2, -0.15) is 0 Å². The van der Waals surface area contributed by atoms with Crippen molar-refractivity contribution in [2.75, 3.05) is 32.9 Å². The second kappa shape index (κ2) is 10.2. The van der Waals surface area contributed by atoms with Crippen LogP contribution in [0, 0.1) is 12.8 Å². The summed E-state index contributed by atoms with van der Waals surface area (Å²) < 4.78 is 25.3. The molecule has 1 aliphatic rings. The van der Waals surface area contributed by atoms with E-state index in [1.807, 2.05) is 12.1 Å². The smallest absolute Gasteiger partial charge is 0.207 e. The lowest BCUT2D eigenvalue weighted by molar-refractivity contribution is 0.0668. The van der Waals surface area contributed by atoms with Crippen molar-refractivity contribution < 1.29 is 28.9 Å². The monoisotopic (exact) mass is 507 g/mol. The number of aromatic hydroxyl groups is 2. The number of alkyl halides is 1. The molecule has 1 aliphatic heterocycles. The molecule has 2 N–H and O–H groups in total. The lowest BCUT2D eigenvalue weighted by atomic mass is 10.0. The third-order valence-corrected chi connectivity index (χ3v) is 7.39. The van der Waals surface area contributed by atoms with Crippen LogP contribution in [0.3, 0.4) is 0 Å². The number of ether oxygens (including phenoxy) is 2. The van der Waals surface area contributed by atoms with Gasteiger partial charge < -0.3 is 19.7 Å². The van der Waals surface area contributed by atoms with Crippen LogP contribution < -0.4 is 9.47 Å². The molecule has 2 heterocycles. The number of nitrogens with zero attached hydrogens (tertiary/aromatic N) is 1. The lowest BCUT2D eigenvalue weighted by Gasteiger charge is -2.37. The molecule has 186 valence electrons. The first-order valence-electron chi connectivity index (χ1n) is 11.7. The standard InChI is InChI=1S/C28H26FNO5S/c1-17-12-19(31)2-8-23(17)26(33)28-27(24-9-3-20(32)13-25(24)36-28)35-22-6-4-21(5-7-22)34-11-10-30-15-18(14-29)16-30/h2-9,12-13,18,31-32H,10-11,14-16H2,1H3. The Kier molecular flexibility index (Phi) is 6.80. The van der Waals surface area contributed by atoms with Crippen molar-refractivity contribution in [2.45, 2.75) is 6.92 Å². The number of hydrogen-bond acceptors (Lipinski definition) is 7. The van der Waals surface area contributed by atoms with E-state index < -0.39 is 0 Å². The van der Waals surface area contributed by atoms with Gasteiger partial charge in [0, 0.05) is 41.2 Å². The predicted molar refractivity (Wildman–Crippen MR) is 138 cm³/mol. The largest absolute Gasteiger partial charge is 0.508 e. The summed E-state index contributed by atoms with van der Waals surface area (Å²) in [6, 6.07) is 16.7. The molecular weight excluding hydrogens is 481 g/mol. The van der Waals surface area contributed by atoms with Gasteiger partial charge in [0.25, 0.3) is 0 Å². The van der Waals surface area contributed by atoms with Crippen LogP contribution in [0.1, 0.15) is 20.8 Å². The second-order valence-electron chi connectivity index (χ2n) is 8.97. The van der Waals surface area contributed by atoms with E-state index in [4.69, 9.17) is 9.47 Å². The van der Waals surface area contributed by atoms with Gasteiger partial charge in [0.2, 0.25) is 5.78 Å². The summed E-state index contributed by atoms with van der Waals surface area (Å²) in [6.45, 7) is 4.34. The quantitative estimate of drug-likeness (QED) is 0.274. The summed E-state index contributed by atoms with van der Waals surface area (Å²) >= 11 is 1.25. The molecule has 1 saturated heterocycles. The Morgan fingerprint density at radius 1 is 1.03 bits per heavy atom. The van der Waals surface area contributed by atoms with Crippen LogP contribution in [0.2, 0.25) is 0 Å². The van der Waals surface area contributed by atoms with Crippen LogP contribution in [-0.2, 0) is 0 Å². The van der Waals surface area contributed by atoms with E-state index >= 15 is 0 Å². The first-order chi connectivity index (χ1) is 17.4. The molecule has 0 atom stereocenters. The first kappa shape index (κ1) is 24.1. The van der Waals surface area contributed by atoms with Gasteiger partial charge in [-0.3, -0.25) is 14.1 Å². The van der Waals surface area contributed by atoms with Crippen LogP contribution >= 0.6 is 11.3 Å². The van der Waals surface area contributed by atoms with Crippen molar-refractivity contribution in [2.24, 2.45) is 5.92 Å². The minimum absolute atomic E-state index is 0.0953. The fourth-order valence-electron chi connectivity index (χ4n) is 4.31. The number of fused-ring (bicyclic) bond motifs is 1. The minimum Gasteiger partial charge on any atom is -0.508 e. The fourth-order valence-corrected chi connectivity index (χ4v) is 5.43. The van der Waals surface area contributed by atoms with E-state index in [0.717, 1.165) is 29.7 Å². The number of ketones is 1. The number of rotatable bonds is 9. The number of phenols is 2. The molecule has 5 rings (SSSR count). The van der Waals surface area contributed by atoms with Gasteiger partial charge in [-0.25, -0.2) is 0 Å². The molecule has 36 heavy (non-hydrogen) atoms. The van der Waals surface area contributed by atoms with E-state index in [-0.39, 0.29) is 29.9 Å². The highest BCUT2D eigenvalue weighted by Gasteiger charge is 2.26. The van der Waals surface area contributed by atoms with Crippen LogP contribution in [0.25, 0.3) is 10.1 Å². The van der Waals surface area contributed by atoms with Gasteiger partial charge in [-0.1, -0.05) is 0 Å². The van der Waals surface area contributed by atoms with Gasteiger partial charge in [0.1, 0.15) is 34.5 Å². The minimum atomic E-state index is -0.263. The summed E-state index contributed by atoms with van der Waals surface area (Å²) in [7, 11) is 0. The maximum atomic E-state index is 13.5. The topological polar surface area (TPSA) is 79.2 Å². The number of phenolic OH excluding ortho intramolecular Hbond substituents is 2. The molecule has 8 heteroatoms. The number of carbonyl (C=O) groups excluding carboxylic acids is 1. The number of likely N-dealkylation sites (tertiary alicyclic amines) is 1. The number of carbonyl (C=O) groups is 1. The van der Waals surface area contributed by atoms with Crippen molar-refractivity contribution in [3.8, 4) is 28.7 Å². The molecule has 4 aromatic rings. The molecule has 0 saturated carbocycles. The van der Waals surface area contributed by atoms with Crippen molar-refractivity contribution in [1.29, 1.82) is 0 Å². The molecule has 1 fully saturated rings. The van der Waals surface area contributed by atoms with Gasteiger partial charge in [0.05, 0.1) is 6.67 Å². The molecule has 1 aromatic heterocycles. The van der Waals surface area contributed by atoms with Crippen molar-refractivity contribution >= 4 is 27.2 Å². The summed E-state index contributed by atoms with van der Waals surface area (Å²) in [5.41, 5.74) is 1.13. The van der Waals surface area contributed by atoms with E-state index in [1.165, 1.54) is 17.4 Å². The molecule has 0 amide bonds. The van der Waals surface area contributed by atoms with Gasteiger partial charge in [-0.15, -0.1) is 11.3 Å². The Morgan fingerprint density at radius 3 is 2.44 bits per heavy atom. The lowest BCUT2D eigenvalue weighted by Crippen LogP contribution is -2.49. The Morgan fingerprint density at radius 2 is 1.72 bits per heavy atom. The van der Waals surface area contributed by atoms with E-state index in [0.29, 0.717) is 39.9 Å². The number of hydrogen-bond donors (Lipinski definition) is 2. The Bertz CT molecular complexity index is 1400. The van der Waals surface area contributed by atoms with Crippen molar-refractivity contribution in [3.05, 3.63) is 76.7 Å². The maximum absolute atomic E-state index is 13.5. The number of aryl methyl sites for hydroxylation is 1.